The molecule has 0 radical (unpaired) electrons. The van der Waals surface area contributed by atoms with Crippen LogP contribution in [0.15, 0.2) is 6.20 Å². The van der Waals surface area contributed by atoms with Gasteiger partial charge in [-0.2, -0.15) is 10.2 Å². The summed E-state index contributed by atoms with van der Waals surface area (Å²) in [6.07, 6.45) is 2.68. The number of amides is 1. The highest BCUT2D eigenvalue weighted by Crippen LogP contribution is 2.27. The van der Waals surface area contributed by atoms with Crippen LogP contribution in [-0.4, -0.2) is 32.5 Å². The maximum Gasteiger partial charge on any atom is 0.255 e. The van der Waals surface area contributed by atoms with Gasteiger partial charge in [-0.15, -0.1) is 0 Å². The molecule has 7 heteroatoms. The molecule has 0 saturated heterocycles. The van der Waals surface area contributed by atoms with Crippen molar-refractivity contribution in [3.05, 3.63) is 34.4 Å². The molecule has 1 aliphatic rings. The van der Waals surface area contributed by atoms with Crippen LogP contribution < -0.4 is 5.32 Å². The maximum absolute atomic E-state index is 12.9. The van der Waals surface area contributed by atoms with Crippen molar-refractivity contribution in [3.8, 4) is 0 Å². The molecule has 1 amide bonds. The molecule has 0 aliphatic carbocycles. The van der Waals surface area contributed by atoms with Crippen molar-refractivity contribution in [3.63, 3.8) is 0 Å². The maximum atomic E-state index is 12.9. The van der Waals surface area contributed by atoms with Crippen molar-refractivity contribution >= 4 is 5.91 Å². The molecule has 2 aromatic heterocycles. The molecule has 3 heterocycles. The van der Waals surface area contributed by atoms with E-state index in [1.807, 2.05) is 10.9 Å². The van der Waals surface area contributed by atoms with Crippen LogP contribution in [0.25, 0.3) is 0 Å². The molecule has 0 unspecified atom stereocenters. The van der Waals surface area contributed by atoms with Gasteiger partial charge in [0.25, 0.3) is 5.91 Å². The van der Waals surface area contributed by atoms with Crippen molar-refractivity contribution in [1.82, 2.24) is 25.3 Å². The second-order valence-corrected chi connectivity index (χ2v) is 8.87. The third-order valence-corrected chi connectivity index (χ3v) is 4.55. The summed E-state index contributed by atoms with van der Waals surface area (Å²) in [6.45, 7) is 14.1. The first-order chi connectivity index (χ1) is 12.1. The Morgan fingerprint density at radius 1 is 1.31 bits per heavy atom. The summed E-state index contributed by atoms with van der Waals surface area (Å²) in [5.74, 6) is -0.126. The third-order valence-electron chi connectivity index (χ3n) is 4.55. The minimum atomic E-state index is -0.220. The lowest BCUT2D eigenvalue weighted by molar-refractivity contribution is 0.0945. The van der Waals surface area contributed by atoms with Crippen LogP contribution in [0, 0.1) is 0 Å². The number of rotatable bonds is 3. The molecular formula is C19H29N5O2. The van der Waals surface area contributed by atoms with E-state index in [-0.39, 0.29) is 16.9 Å². The number of nitrogens with zero attached hydrogens (tertiary/aromatic N) is 3. The molecule has 0 fully saturated rings. The van der Waals surface area contributed by atoms with E-state index < -0.39 is 0 Å². The predicted octanol–water partition coefficient (Wildman–Crippen LogP) is 2.66. The van der Waals surface area contributed by atoms with Crippen molar-refractivity contribution in [1.29, 1.82) is 0 Å². The van der Waals surface area contributed by atoms with Gasteiger partial charge in [0.2, 0.25) is 0 Å². The fraction of sp³-hybridized carbons (Fsp3) is 0.632. The highest BCUT2D eigenvalue weighted by Gasteiger charge is 2.29. The van der Waals surface area contributed by atoms with Crippen LogP contribution in [0.1, 0.15) is 74.5 Å². The van der Waals surface area contributed by atoms with E-state index in [1.165, 1.54) is 0 Å². The Kier molecular flexibility index (Phi) is 4.69. The number of aromatic nitrogens is 4. The van der Waals surface area contributed by atoms with Crippen LogP contribution >= 0.6 is 0 Å². The predicted molar refractivity (Wildman–Crippen MR) is 99.0 cm³/mol. The molecule has 1 aliphatic heterocycles. The molecule has 0 spiro atoms. The van der Waals surface area contributed by atoms with Crippen LogP contribution in [0.2, 0.25) is 0 Å². The van der Waals surface area contributed by atoms with Crippen LogP contribution in [0.5, 0.6) is 0 Å². The first kappa shape index (κ1) is 18.6. The number of hydrogen-bond donors (Lipinski definition) is 2. The van der Waals surface area contributed by atoms with Gasteiger partial charge in [-0.05, 0) is 20.8 Å². The quantitative estimate of drug-likeness (QED) is 0.882. The number of fused-ring (bicyclic) bond motifs is 1. The van der Waals surface area contributed by atoms with Crippen molar-refractivity contribution in [2.75, 3.05) is 6.61 Å². The standard InChI is InChI=1S/C19H29N5O2/c1-18(2,3)16-12(10-24(23-16)19(4,5)6)17(25)20-9-15-13-11-26-8-7-14(13)21-22-15/h10H,7-9,11H2,1-6H3,(H,20,25)(H,21,22). The van der Waals surface area contributed by atoms with Crippen molar-refractivity contribution in [2.24, 2.45) is 0 Å². The highest BCUT2D eigenvalue weighted by molar-refractivity contribution is 5.95. The van der Waals surface area contributed by atoms with Gasteiger partial charge in [0.05, 0.1) is 42.2 Å². The fourth-order valence-corrected chi connectivity index (χ4v) is 3.01. The lowest BCUT2D eigenvalue weighted by Gasteiger charge is -2.20. The highest BCUT2D eigenvalue weighted by atomic mass is 16.5. The average molecular weight is 359 g/mol. The Hall–Kier alpha value is -2.15. The SMILES string of the molecule is CC(C)(C)c1nn(C(C)(C)C)cc1C(=O)NCc1n[nH]c2c1COCC2. The zero-order chi connectivity index (χ0) is 19.1. The number of H-pyrrole nitrogens is 1. The number of ether oxygens (including phenoxy) is 1. The van der Waals surface area contributed by atoms with Gasteiger partial charge in [-0.3, -0.25) is 14.6 Å². The van der Waals surface area contributed by atoms with E-state index in [2.05, 4.69) is 57.1 Å². The van der Waals surface area contributed by atoms with Crippen LogP contribution in [0.4, 0.5) is 0 Å². The van der Waals surface area contributed by atoms with Gasteiger partial charge in [0, 0.05) is 29.3 Å². The second kappa shape index (κ2) is 6.54. The summed E-state index contributed by atoms with van der Waals surface area (Å²) in [4.78, 5) is 12.9. The fourth-order valence-electron chi connectivity index (χ4n) is 3.01. The first-order valence-electron chi connectivity index (χ1n) is 9.09. The molecule has 7 nitrogen and oxygen atoms in total. The molecule has 3 rings (SSSR count). The number of nitrogens with one attached hydrogen (secondary N) is 2. The molecule has 26 heavy (non-hydrogen) atoms. The lowest BCUT2D eigenvalue weighted by Crippen LogP contribution is -2.27. The molecule has 2 aromatic rings. The Morgan fingerprint density at radius 3 is 2.69 bits per heavy atom. The topological polar surface area (TPSA) is 84.8 Å². The summed E-state index contributed by atoms with van der Waals surface area (Å²) < 4.78 is 7.37. The van der Waals surface area contributed by atoms with E-state index >= 15 is 0 Å². The lowest BCUT2D eigenvalue weighted by atomic mass is 9.89. The van der Waals surface area contributed by atoms with Crippen LogP contribution in [0.3, 0.4) is 0 Å². The van der Waals surface area contributed by atoms with Gasteiger partial charge in [0.15, 0.2) is 0 Å². The minimum absolute atomic E-state index is 0.126. The number of carbonyl (C=O) groups excluding carboxylic acids is 1. The summed E-state index contributed by atoms with van der Waals surface area (Å²) in [7, 11) is 0. The smallest absolute Gasteiger partial charge is 0.255 e. The van der Waals surface area contributed by atoms with E-state index in [9.17, 15) is 4.79 Å². The second-order valence-electron chi connectivity index (χ2n) is 8.87. The third kappa shape index (κ3) is 3.67. The summed E-state index contributed by atoms with van der Waals surface area (Å²) in [5, 5.41) is 15.1. The van der Waals surface area contributed by atoms with Gasteiger partial charge in [-0.25, -0.2) is 0 Å². The van der Waals surface area contributed by atoms with E-state index in [0.29, 0.717) is 25.3 Å². The van der Waals surface area contributed by atoms with Gasteiger partial charge >= 0.3 is 0 Å². The molecule has 0 bridgehead atoms. The van der Waals surface area contributed by atoms with Gasteiger partial charge in [0.1, 0.15) is 0 Å². The zero-order valence-corrected chi connectivity index (χ0v) is 16.6. The van der Waals surface area contributed by atoms with E-state index in [4.69, 9.17) is 9.84 Å². The van der Waals surface area contributed by atoms with Crippen LogP contribution in [-0.2, 0) is 35.3 Å². The Bertz CT molecular complexity index is 805. The Morgan fingerprint density at radius 2 is 2.04 bits per heavy atom. The monoisotopic (exact) mass is 359 g/mol. The largest absolute Gasteiger partial charge is 0.376 e. The Labute approximate surface area is 154 Å². The zero-order valence-electron chi connectivity index (χ0n) is 16.6. The molecular weight excluding hydrogens is 330 g/mol. The van der Waals surface area contributed by atoms with Crippen molar-refractivity contribution in [2.45, 2.75) is 72.1 Å². The molecule has 0 saturated carbocycles. The normalized spacial score (nSPS) is 15.0. The van der Waals surface area contributed by atoms with Gasteiger partial charge in [-0.1, -0.05) is 20.8 Å². The molecule has 0 aromatic carbocycles. The van der Waals surface area contributed by atoms with E-state index in [0.717, 1.165) is 29.1 Å². The summed E-state index contributed by atoms with van der Waals surface area (Å²) >= 11 is 0. The molecule has 142 valence electrons. The van der Waals surface area contributed by atoms with E-state index in [1.54, 1.807) is 0 Å². The average Bonchev–Trinajstić information content (AvgIpc) is 3.16. The molecule has 2 N–H and O–H groups in total. The van der Waals surface area contributed by atoms with Gasteiger partial charge < -0.3 is 10.1 Å². The number of hydrogen-bond acceptors (Lipinski definition) is 4. The summed E-state index contributed by atoms with van der Waals surface area (Å²) in [5.41, 5.74) is 4.04. The Balaban J connectivity index is 1.81. The summed E-state index contributed by atoms with van der Waals surface area (Å²) in [6, 6.07) is 0. The molecule has 0 atom stereocenters. The van der Waals surface area contributed by atoms with Crippen molar-refractivity contribution < 1.29 is 9.53 Å². The minimum Gasteiger partial charge on any atom is -0.376 e. The number of aromatic amines is 1. The number of carbonyl (C=O) groups is 1. The first-order valence-corrected chi connectivity index (χ1v) is 9.09.